The molecule has 0 unspecified atom stereocenters. The zero-order valence-electron chi connectivity index (χ0n) is 11.8. The first-order valence-corrected chi connectivity index (χ1v) is 6.88. The monoisotopic (exact) mass is 280 g/mol. The molecule has 1 N–H and O–H groups in total. The van der Waals surface area contributed by atoms with Crippen LogP contribution in [0, 0.1) is 0 Å². The summed E-state index contributed by atoms with van der Waals surface area (Å²) in [6.07, 6.45) is 1.49. The number of carbonyl (C=O) groups is 1. The van der Waals surface area contributed by atoms with E-state index in [1.54, 1.807) is 6.07 Å². The second kappa shape index (κ2) is 5.79. The lowest BCUT2D eigenvalue weighted by Gasteiger charge is -2.06. The second-order valence-corrected chi connectivity index (χ2v) is 4.85. The lowest BCUT2D eigenvalue weighted by atomic mass is 10.0. The third-order valence-electron chi connectivity index (χ3n) is 3.49. The summed E-state index contributed by atoms with van der Waals surface area (Å²) in [5.74, 6) is 0.631. The number of rotatable bonds is 4. The summed E-state index contributed by atoms with van der Waals surface area (Å²) in [5.41, 5.74) is 3.60. The minimum absolute atomic E-state index is 0.296. The molecule has 0 saturated carbocycles. The molecular formula is C17H16N2O2. The van der Waals surface area contributed by atoms with E-state index in [0.717, 1.165) is 35.3 Å². The Morgan fingerprint density at radius 1 is 1.10 bits per heavy atom. The molecule has 3 aromatic rings. The average molecular weight is 280 g/mol. The van der Waals surface area contributed by atoms with Crippen molar-refractivity contribution in [3.8, 4) is 0 Å². The topological polar surface area (TPSA) is 55.0 Å². The fourth-order valence-electron chi connectivity index (χ4n) is 2.42. The molecule has 1 heterocycles. The van der Waals surface area contributed by atoms with Crippen molar-refractivity contribution in [1.29, 1.82) is 0 Å². The van der Waals surface area contributed by atoms with Crippen LogP contribution >= 0.6 is 0 Å². The minimum Gasteiger partial charge on any atom is -0.465 e. The first-order chi connectivity index (χ1) is 10.3. The summed E-state index contributed by atoms with van der Waals surface area (Å²) in [5, 5.41) is 0. The van der Waals surface area contributed by atoms with Crippen molar-refractivity contribution >= 4 is 17.0 Å². The van der Waals surface area contributed by atoms with Crippen LogP contribution in [-0.2, 0) is 17.6 Å². The molecule has 0 aliphatic heterocycles. The van der Waals surface area contributed by atoms with Crippen molar-refractivity contribution in [1.82, 2.24) is 9.97 Å². The first-order valence-electron chi connectivity index (χ1n) is 6.88. The van der Waals surface area contributed by atoms with Crippen LogP contribution < -0.4 is 0 Å². The standard InChI is InChI=1S/C17H16N2O2/c1-21-17(20)13-7-3-2-6-12(13)10-11-16-18-14-8-4-5-9-15(14)19-16/h2-9H,10-11H2,1H3,(H,18,19). The van der Waals surface area contributed by atoms with Crippen molar-refractivity contribution in [2.24, 2.45) is 0 Å². The van der Waals surface area contributed by atoms with Gasteiger partial charge in [-0.25, -0.2) is 9.78 Å². The van der Waals surface area contributed by atoms with E-state index in [2.05, 4.69) is 9.97 Å². The summed E-state index contributed by atoms with van der Waals surface area (Å²) in [6, 6.07) is 15.5. The molecular weight excluding hydrogens is 264 g/mol. The van der Waals surface area contributed by atoms with Gasteiger partial charge in [0.15, 0.2) is 0 Å². The number of ether oxygens (including phenoxy) is 1. The van der Waals surface area contributed by atoms with Gasteiger partial charge >= 0.3 is 5.97 Å². The Morgan fingerprint density at radius 2 is 1.86 bits per heavy atom. The number of nitrogens with zero attached hydrogens (tertiary/aromatic N) is 1. The van der Waals surface area contributed by atoms with Crippen LogP contribution in [0.4, 0.5) is 0 Å². The number of nitrogens with one attached hydrogen (secondary N) is 1. The Balaban J connectivity index is 1.80. The lowest BCUT2D eigenvalue weighted by Crippen LogP contribution is -2.06. The van der Waals surface area contributed by atoms with E-state index in [1.807, 2.05) is 42.5 Å². The summed E-state index contributed by atoms with van der Waals surface area (Å²) >= 11 is 0. The molecule has 0 aliphatic rings. The van der Waals surface area contributed by atoms with Gasteiger partial charge < -0.3 is 9.72 Å². The molecule has 0 fully saturated rings. The van der Waals surface area contributed by atoms with Crippen molar-refractivity contribution in [3.63, 3.8) is 0 Å². The van der Waals surface area contributed by atoms with Gasteiger partial charge in [-0.15, -0.1) is 0 Å². The highest BCUT2D eigenvalue weighted by atomic mass is 16.5. The quantitative estimate of drug-likeness (QED) is 0.747. The van der Waals surface area contributed by atoms with Gasteiger partial charge in [-0.3, -0.25) is 0 Å². The van der Waals surface area contributed by atoms with Gasteiger partial charge in [0.2, 0.25) is 0 Å². The van der Waals surface area contributed by atoms with Gasteiger partial charge in [0.05, 0.1) is 23.7 Å². The molecule has 1 aromatic heterocycles. The van der Waals surface area contributed by atoms with Gasteiger partial charge in [0.1, 0.15) is 5.82 Å². The van der Waals surface area contributed by atoms with Crippen molar-refractivity contribution in [2.75, 3.05) is 7.11 Å². The minimum atomic E-state index is -0.296. The van der Waals surface area contributed by atoms with Crippen LogP contribution in [0.25, 0.3) is 11.0 Å². The zero-order valence-corrected chi connectivity index (χ0v) is 11.8. The maximum atomic E-state index is 11.7. The number of H-pyrrole nitrogens is 1. The van der Waals surface area contributed by atoms with Gasteiger partial charge in [-0.1, -0.05) is 30.3 Å². The Morgan fingerprint density at radius 3 is 2.67 bits per heavy atom. The van der Waals surface area contributed by atoms with Gasteiger partial charge in [0, 0.05) is 6.42 Å². The van der Waals surface area contributed by atoms with E-state index in [4.69, 9.17) is 4.74 Å². The molecule has 21 heavy (non-hydrogen) atoms. The average Bonchev–Trinajstić information content (AvgIpc) is 2.95. The highest BCUT2D eigenvalue weighted by Gasteiger charge is 2.11. The van der Waals surface area contributed by atoms with Crippen LogP contribution in [0.1, 0.15) is 21.7 Å². The highest BCUT2D eigenvalue weighted by Crippen LogP contribution is 2.15. The predicted octanol–water partition coefficient (Wildman–Crippen LogP) is 3.13. The van der Waals surface area contributed by atoms with Crippen LogP contribution in [0.3, 0.4) is 0 Å². The summed E-state index contributed by atoms with van der Waals surface area (Å²) < 4.78 is 4.81. The maximum Gasteiger partial charge on any atom is 0.338 e. The van der Waals surface area contributed by atoms with E-state index in [-0.39, 0.29) is 5.97 Å². The molecule has 0 saturated heterocycles. The van der Waals surface area contributed by atoms with Gasteiger partial charge in [-0.2, -0.15) is 0 Å². The molecule has 0 radical (unpaired) electrons. The molecule has 0 spiro atoms. The number of aromatic amines is 1. The number of aryl methyl sites for hydroxylation is 2. The molecule has 106 valence electrons. The number of esters is 1. The fraction of sp³-hybridized carbons (Fsp3) is 0.176. The molecule has 4 nitrogen and oxygen atoms in total. The number of para-hydroxylation sites is 2. The number of imidazole rings is 1. The third-order valence-corrected chi connectivity index (χ3v) is 3.49. The van der Waals surface area contributed by atoms with E-state index in [0.29, 0.717) is 5.56 Å². The summed E-state index contributed by atoms with van der Waals surface area (Å²) in [6.45, 7) is 0. The van der Waals surface area contributed by atoms with Gasteiger partial charge in [0.25, 0.3) is 0 Å². The number of benzene rings is 2. The number of hydrogen-bond donors (Lipinski definition) is 1. The third kappa shape index (κ3) is 2.79. The normalized spacial score (nSPS) is 10.7. The number of methoxy groups -OCH3 is 1. The van der Waals surface area contributed by atoms with Crippen molar-refractivity contribution in [2.45, 2.75) is 12.8 Å². The highest BCUT2D eigenvalue weighted by molar-refractivity contribution is 5.91. The molecule has 0 bridgehead atoms. The Hall–Kier alpha value is -2.62. The van der Waals surface area contributed by atoms with Crippen LogP contribution in [0.15, 0.2) is 48.5 Å². The number of carbonyl (C=O) groups excluding carboxylic acids is 1. The van der Waals surface area contributed by atoms with Gasteiger partial charge in [-0.05, 0) is 30.2 Å². The first kappa shape index (κ1) is 13.4. The number of aromatic nitrogens is 2. The molecule has 3 rings (SSSR count). The molecule has 2 aromatic carbocycles. The van der Waals surface area contributed by atoms with E-state index >= 15 is 0 Å². The van der Waals surface area contributed by atoms with Crippen molar-refractivity contribution < 1.29 is 9.53 Å². The molecule has 4 heteroatoms. The van der Waals surface area contributed by atoms with E-state index in [1.165, 1.54) is 7.11 Å². The Labute approximate surface area is 122 Å². The van der Waals surface area contributed by atoms with E-state index < -0.39 is 0 Å². The van der Waals surface area contributed by atoms with E-state index in [9.17, 15) is 4.79 Å². The molecule has 0 aliphatic carbocycles. The fourth-order valence-corrected chi connectivity index (χ4v) is 2.42. The lowest BCUT2D eigenvalue weighted by molar-refractivity contribution is 0.0599. The zero-order chi connectivity index (χ0) is 14.7. The van der Waals surface area contributed by atoms with Crippen LogP contribution in [0.2, 0.25) is 0 Å². The SMILES string of the molecule is COC(=O)c1ccccc1CCc1nc2ccccc2[nH]1. The van der Waals surface area contributed by atoms with Crippen LogP contribution in [0.5, 0.6) is 0 Å². The van der Waals surface area contributed by atoms with Crippen molar-refractivity contribution in [3.05, 3.63) is 65.5 Å². The smallest absolute Gasteiger partial charge is 0.338 e. The summed E-state index contributed by atoms with van der Waals surface area (Å²) in [7, 11) is 1.40. The number of fused-ring (bicyclic) bond motifs is 1. The molecule has 0 amide bonds. The predicted molar refractivity (Wildman–Crippen MR) is 81.3 cm³/mol. The maximum absolute atomic E-state index is 11.7. The second-order valence-electron chi connectivity index (χ2n) is 4.85. The number of hydrogen-bond acceptors (Lipinski definition) is 3. The molecule has 0 atom stereocenters. The largest absolute Gasteiger partial charge is 0.465 e. The summed E-state index contributed by atoms with van der Waals surface area (Å²) in [4.78, 5) is 19.6. The Bertz CT molecular complexity index is 744. The Kier molecular flexibility index (Phi) is 3.69. The van der Waals surface area contributed by atoms with Crippen LogP contribution in [-0.4, -0.2) is 23.0 Å².